The summed E-state index contributed by atoms with van der Waals surface area (Å²) in [5.74, 6) is -0.0286. The number of halogens is 1. The van der Waals surface area contributed by atoms with Gasteiger partial charge < -0.3 is 5.32 Å². The first-order chi connectivity index (χ1) is 12.6. The molecule has 5 nitrogen and oxygen atoms in total. The normalized spacial score (nSPS) is 14.2. The van der Waals surface area contributed by atoms with Crippen LogP contribution in [-0.2, 0) is 17.8 Å². The summed E-state index contributed by atoms with van der Waals surface area (Å²) in [6.45, 7) is 3.77. The molecule has 1 aromatic carbocycles. The van der Waals surface area contributed by atoms with Crippen LogP contribution in [0.5, 0.6) is 0 Å². The zero-order valence-corrected chi connectivity index (χ0v) is 15.2. The van der Waals surface area contributed by atoms with E-state index in [0.29, 0.717) is 23.7 Å². The highest BCUT2D eigenvalue weighted by atomic mass is 32.1. The van der Waals surface area contributed by atoms with E-state index < -0.39 is 0 Å². The molecule has 0 radical (unpaired) electrons. The number of hydrogen-bond donors (Lipinski definition) is 1. The number of fused-ring (bicyclic) bond motifs is 1. The average molecular weight is 370 g/mol. The van der Waals surface area contributed by atoms with Crippen LogP contribution in [-0.4, -0.2) is 33.7 Å². The number of nitrogens with one attached hydrogen (secondary N) is 1. The monoisotopic (exact) mass is 370 g/mol. The lowest BCUT2D eigenvalue weighted by Gasteiger charge is -2.26. The molecule has 0 bridgehead atoms. The summed E-state index contributed by atoms with van der Waals surface area (Å²) in [6, 6.07) is 10.3. The fourth-order valence-corrected chi connectivity index (χ4v) is 4.11. The molecule has 3 heterocycles. The quantitative estimate of drug-likeness (QED) is 0.766. The first-order valence-electron chi connectivity index (χ1n) is 8.49. The maximum Gasteiger partial charge on any atom is 0.239 e. The van der Waals surface area contributed by atoms with Gasteiger partial charge in [0, 0.05) is 24.0 Å². The molecule has 0 atom stereocenters. The van der Waals surface area contributed by atoms with Crippen LogP contribution in [0.15, 0.2) is 41.8 Å². The summed E-state index contributed by atoms with van der Waals surface area (Å²) in [5.41, 5.74) is 2.34. The van der Waals surface area contributed by atoms with Crippen molar-refractivity contribution in [3.05, 3.63) is 63.7 Å². The van der Waals surface area contributed by atoms with Gasteiger partial charge >= 0.3 is 0 Å². The number of rotatable bonds is 4. The number of nitrogens with zero attached hydrogens (tertiary/aromatic N) is 3. The fraction of sp³-hybridized carbons (Fsp3) is 0.263. The number of aromatic nitrogens is 2. The van der Waals surface area contributed by atoms with Crippen molar-refractivity contribution in [1.29, 1.82) is 0 Å². The van der Waals surface area contributed by atoms with Gasteiger partial charge in [-0.3, -0.25) is 9.69 Å². The molecule has 1 aliphatic rings. The summed E-state index contributed by atoms with van der Waals surface area (Å²) in [7, 11) is 0. The number of hydrogen-bond acceptors (Lipinski definition) is 4. The Hall–Kier alpha value is -2.51. The van der Waals surface area contributed by atoms with E-state index in [1.54, 1.807) is 35.6 Å². The van der Waals surface area contributed by atoms with E-state index in [4.69, 9.17) is 0 Å². The third kappa shape index (κ3) is 3.40. The largest absolute Gasteiger partial charge is 0.309 e. The maximum absolute atomic E-state index is 14.1. The lowest BCUT2D eigenvalue weighted by molar-refractivity contribution is -0.117. The van der Waals surface area contributed by atoms with Gasteiger partial charge in [0.15, 0.2) is 0 Å². The predicted molar refractivity (Wildman–Crippen MR) is 100 cm³/mol. The molecule has 2 aromatic heterocycles. The zero-order chi connectivity index (χ0) is 18.1. The highest BCUT2D eigenvalue weighted by Gasteiger charge is 2.20. The van der Waals surface area contributed by atoms with Gasteiger partial charge in [-0.25, -0.2) is 9.07 Å². The highest BCUT2D eigenvalue weighted by Crippen LogP contribution is 2.24. The Morgan fingerprint density at radius 1 is 1.35 bits per heavy atom. The summed E-state index contributed by atoms with van der Waals surface area (Å²) in [5, 5.41) is 9.29. The minimum atomic E-state index is -0.382. The fourth-order valence-electron chi connectivity index (χ4n) is 3.22. The van der Waals surface area contributed by atoms with Crippen LogP contribution in [0, 0.1) is 12.7 Å². The minimum absolute atomic E-state index is 0.124. The molecular weight excluding hydrogens is 351 g/mol. The Labute approximate surface area is 155 Å². The van der Waals surface area contributed by atoms with Crippen molar-refractivity contribution in [2.45, 2.75) is 19.9 Å². The number of carbonyl (C=O) groups excluding carboxylic acids is 1. The molecule has 0 saturated carbocycles. The number of carbonyl (C=O) groups is 1. The van der Waals surface area contributed by atoms with Gasteiger partial charge in [-0.2, -0.15) is 5.10 Å². The van der Waals surface area contributed by atoms with Crippen LogP contribution in [0.25, 0.3) is 5.69 Å². The van der Waals surface area contributed by atoms with Crippen molar-refractivity contribution < 1.29 is 9.18 Å². The highest BCUT2D eigenvalue weighted by molar-refractivity contribution is 7.10. The Morgan fingerprint density at radius 2 is 2.19 bits per heavy atom. The second-order valence-corrected chi connectivity index (χ2v) is 7.41. The lowest BCUT2D eigenvalue weighted by Crippen LogP contribution is -2.36. The van der Waals surface area contributed by atoms with Crippen molar-refractivity contribution >= 4 is 23.1 Å². The first kappa shape index (κ1) is 16.9. The standard InChI is InChI=1S/C19H19FN4OS/c1-13-10-18(24(22-13)16-5-3-2-4-15(16)20)21-19(25)12-23-8-6-17-14(11-23)7-9-26-17/h2-5,7,9-10H,6,8,11-12H2,1H3,(H,21,25). The SMILES string of the molecule is Cc1cc(NC(=O)CN2CCc3sccc3C2)n(-c2ccccc2F)n1. The Kier molecular flexibility index (Phi) is 4.57. The molecule has 134 valence electrons. The molecule has 7 heteroatoms. The van der Waals surface area contributed by atoms with Gasteiger partial charge in [0.25, 0.3) is 0 Å². The van der Waals surface area contributed by atoms with Gasteiger partial charge in [-0.05, 0) is 42.5 Å². The lowest BCUT2D eigenvalue weighted by atomic mass is 10.1. The Balaban J connectivity index is 1.48. The van der Waals surface area contributed by atoms with Crippen LogP contribution in [0.2, 0.25) is 0 Å². The molecule has 0 saturated heterocycles. The van der Waals surface area contributed by atoms with Gasteiger partial charge in [-0.15, -0.1) is 11.3 Å². The van der Waals surface area contributed by atoms with Crippen molar-refractivity contribution in [1.82, 2.24) is 14.7 Å². The third-order valence-corrected chi connectivity index (χ3v) is 5.46. The zero-order valence-electron chi connectivity index (χ0n) is 14.4. The molecule has 1 N–H and O–H groups in total. The number of benzene rings is 1. The molecule has 1 aliphatic heterocycles. The van der Waals surface area contributed by atoms with E-state index in [0.717, 1.165) is 19.5 Å². The summed E-state index contributed by atoms with van der Waals surface area (Å²) in [6.07, 6.45) is 0.979. The molecule has 0 fully saturated rings. The maximum atomic E-state index is 14.1. The number of aryl methyl sites for hydroxylation is 1. The number of para-hydroxylation sites is 1. The summed E-state index contributed by atoms with van der Waals surface area (Å²) < 4.78 is 15.5. The topological polar surface area (TPSA) is 50.2 Å². The molecule has 26 heavy (non-hydrogen) atoms. The van der Waals surface area contributed by atoms with Crippen LogP contribution < -0.4 is 5.32 Å². The second kappa shape index (κ2) is 7.01. The summed E-state index contributed by atoms with van der Waals surface area (Å²) in [4.78, 5) is 16.1. The molecule has 1 amide bonds. The van der Waals surface area contributed by atoms with Crippen LogP contribution in [0.1, 0.15) is 16.1 Å². The van der Waals surface area contributed by atoms with Crippen LogP contribution >= 0.6 is 11.3 Å². The van der Waals surface area contributed by atoms with E-state index in [1.165, 1.54) is 21.2 Å². The van der Waals surface area contributed by atoms with E-state index in [1.807, 2.05) is 6.92 Å². The van der Waals surface area contributed by atoms with Gasteiger partial charge in [0.1, 0.15) is 17.3 Å². The van der Waals surface area contributed by atoms with Gasteiger partial charge in [0.05, 0.1) is 12.2 Å². The van der Waals surface area contributed by atoms with E-state index in [9.17, 15) is 9.18 Å². The van der Waals surface area contributed by atoms with Gasteiger partial charge in [-0.1, -0.05) is 12.1 Å². The van der Waals surface area contributed by atoms with Crippen LogP contribution in [0.3, 0.4) is 0 Å². The Morgan fingerprint density at radius 3 is 3.04 bits per heavy atom. The van der Waals surface area contributed by atoms with Crippen molar-refractivity contribution in [2.75, 3.05) is 18.4 Å². The van der Waals surface area contributed by atoms with E-state index >= 15 is 0 Å². The number of anilines is 1. The van der Waals surface area contributed by atoms with Gasteiger partial charge in [0.2, 0.25) is 5.91 Å². The van der Waals surface area contributed by atoms with Crippen molar-refractivity contribution in [2.24, 2.45) is 0 Å². The molecule has 0 unspecified atom stereocenters. The van der Waals surface area contributed by atoms with Crippen LogP contribution in [0.4, 0.5) is 10.2 Å². The molecule has 0 spiro atoms. The molecule has 0 aliphatic carbocycles. The van der Waals surface area contributed by atoms with Crippen molar-refractivity contribution in [3.63, 3.8) is 0 Å². The molecule has 4 rings (SSSR count). The summed E-state index contributed by atoms with van der Waals surface area (Å²) >= 11 is 1.78. The van der Waals surface area contributed by atoms with E-state index in [2.05, 4.69) is 26.8 Å². The first-order valence-corrected chi connectivity index (χ1v) is 9.37. The predicted octanol–water partition coefficient (Wildman–Crippen LogP) is 3.38. The number of amides is 1. The Bertz CT molecular complexity index is 949. The van der Waals surface area contributed by atoms with E-state index in [-0.39, 0.29) is 11.7 Å². The average Bonchev–Trinajstić information content (AvgIpc) is 3.21. The molecule has 3 aromatic rings. The molecular formula is C19H19FN4OS. The van der Waals surface area contributed by atoms with Crippen molar-refractivity contribution in [3.8, 4) is 5.69 Å². The third-order valence-electron chi connectivity index (χ3n) is 4.43. The second-order valence-electron chi connectivity index (χ2n) is 6.41. The number of thiophene rings is 1. The smallest absolute Gasteiger partial charge is 0.239 e. The minimum Gasteiger partial charge on any atom is -0.309 e.